The number of carbonyl (C=O) groups excluding carboxylic acids is 1. The number of hydrogen-bond donors (Lipinski definition) is 0. The molecule has 1 atom stereocenters. The third-order valence-electron chi connectivity index (χ3n) is 5.28. The lowest BCUT2D eigenvalue weighted by Gasteiger charge is -2.36. The van der Waals surface area contributed by atoms with E-state index in [2.05, 4.69) is 4.90 Å². The summed E-state index contributed by atoms with van der Waals surface area (Å²) in [6.45, 7) is 6.01. The van der Waals surface area contributed by atoms with Crippen molar-refractivity contribution in [3.05, 3.63) is 35.1 Å². The summed E-state index contributed by atoms with van der Waals surface area (Å²) in [5, 5.41) is 0. The molecule has 2 aliphatic heterocycles. The Kier molecular flexibility index (Phi) is 5.31. The number of amides is 1. The summed E-state index contributed by atoms with van der Waals surface area (Å²) in [5.41, 5.74) is 1.08. The largest absolute Gasteiger partial charge is 0.336 e. The molecule has 0 bridgehead atoms. The maximum Gasteiger partial charge on any atom is 0.254 e. The molecule has 3 nitrogen and oxygen atoms in total. The molecule has 4 heteroatoms. The molecular weight excluding hydrogens is 291 g/mol. The number of aryl methyl sites for hydroxylation is 1. The average molecular weight is 318 g/mol. The first kappa shape index (κ1) is 16.4. The number of likely N-dealkylation sites (tertiary alicyclic amines) is 2. The van der Waals surface area contributed by atoms with Gasteiger partial charge in [-0.1, -0.05) is 6.07 Å². The quantitative estimate of drug-likeness (QED) is 0.846. The van der Waals surface area contributed by atoms with Crippen molar-refractivity contribution in [2.45, 2.75) is 51.5 Å². The second kappa shape index (κ2) is 7.43. The highest BCUT2D eigenvalue weighted by molar-refractivity contribution is 5.94. The molecule has 126 valence electrons. The van der Waals surface area contributed by atoms with Crippen molar-refractivity contribution in [2.75, 3.05) is 26.2 Å². The van der Waals surface area contributed by atoms with Crippen molar-refractivity contribution in [3.63, 3.8) is 0 Å². The minimum Gasteiger partial charge on any atom is -0.336 e. The van der Waals surface area contributed by atoms with Crippen molar-refractivity contribution in [2.24, 2.45) is 0 Å². The zero-order chi connectivity index (χ0) is 16.2. The van der Waals surface area contributed by atoms with Gasteiger partial charge in [0.2, 0.25) is 0 Å². The van der Waals surface area contributed by atoms with Gasteiger partial charge in [-0.3, -0.25) is 4.79 Å². The third kappa shape index (κ3) is 3.92. The van der Waals surface area contributed by atoms with E-state index in [0.29, 0.717) is 17.2 Å². The Morgan fingerprint density at radius 1 is 1.17 bits per heavy atom. The normalized spacial score (nSPS) is 22.5. The Balaban J connectivity index is 1.66. The van der Waals surface area contributed by atoms with Crippen LogP contribution in [0.2, 0.25) is 0 Å². The molecule has 0 aromatic heterocycles. The number of nitrogens with zero attached hydrogens (tertiary/aromatic N) is 2. The molecule has 0 N–H and O–H groups in total. The standard InChI is InChI=1S/C19H27FN2O/c1-15-7-8-16(14-18(15)20)19(23)22-12-3-2-6-17(22)9-13-21-10-4-5-11-21/h7-8,14,17H,2-6,9-13H2,1H3/t17-/m0/s1. The van der Waals surface area contributed by atoms with Crippen molar-refractivity contribution < 1.29 is 9.18 Å². The van der Waals surface area contributed by atoms with Crippen molar-refractivity contribution in [1.82, 2.24) is 9.80 Å². The summed E-state index contributed by atoms with van der Waals surface area (Å²) in [7, 11) is 0. The molecule has 1 aromatic carbocycles. The molecule has 2 heterocycles. The van der Waals surface area contributed by atoms with E-state index < -0.39 is 0 Å². The molecule has 3 rings (SSSR count). The number of rotatable bonds is 4. The van der Waals surface area contributed by atoms with Crippen LogP contribution >= 0.6 is 0 Å². The van der Waals surface area contributed by atoms with E-state index in [-0.39, 0.29) is 11.7 Å². The molecule has 2 saturated heterocycles. The number of halogens is 1. The van der Waals surface area contributed by atoms with Crippen molar-refractivity contribution >= 4 is 5.91 Å². The van der Waals surface area contributed by atoms with Gasteiger partial charge in [-0.05, 0) is 76.2 Å². The van der Waals surface area contributed by atoms with Gasteiger partial charge in [-0.2, -0.15) is 0 Å². The molecule has 0 aliphatic carbocycles. The highest BCUT2D eigenvalue weighted by atomic mass is 19.1. The van der Waals surface area contributed by atoms with Gasteiger partial charge in [-0.15, -0.1) is 0 Å². The number of piperidine rings is 1. The molecule has 2 fully saturated rings. The van der Waals surface area contributed by atoms with Crippen LogP contribution in [-0.4, -0.2) is 47.9 Å². The average Bonchev–Trinajstić information content (AvgIpc) is 3.08. The predicted octanol–water partition coefficient (Wildman–Crippen LogP) is 3.61. The van der Waals surface area contributed by atoms with Crippen LogP contribution < -0.4 is 0 Å². The molecule has 2 aliphatic rings. The fourth-order valence-corrected chi connectivity index (χ4v) is 3.80. The maximum atomic E-state index is 13.8. The topological polar surface area (TPSA) is 23.6 Å². The van der Waals surface area contributed by atoms with E-state index in [9.17, 15) is 9.18 Å². The van der Waals surface area contributed by atoms with E-state index >= 15 is 0 Å². The zero-order valence-electron chi connectivity index (χ0n) is 14.1. The van der Waals surface area contributed by atoms with Gasteiger partial charge in [0.05, 0.1) is 0 Å². The summed E-state index contributed by atoms with van der Waals surface area (Å²) >= 11 is 0. The minimum absolute atomic E-state index is 0.00461. The van der Waals surface area contributed by atoms with Gasteiger partial charge >= 0.3 is 0 Å². The summed E-state index contributed by atoms with van der Waals surface area (Å²) in [6, 6.07) is 5.16. The monoisotopic (exact) mass is 318 g/mol. The molecule has 0 spiro atoms. The Morgan fingerprint density at radius 2 is 1.91 bits per heavy atom. The number of hydrogen-bond acceptors (Lipinski definition) is 2. The van der Waals surface area contributed by atoms with Crippen molar-refractivity contribution in [1.29, 1.82) is 0 Å². The summed E-state index contributed by atoms with van der Waals surface area (Å²) in [5.74, 6) is -0.295. The lowest BCUT2D eigenvalue weighted by molar-refractivity contribution is 0.0587. The van der Waals surface area contributed by atoms with Crippen LogP contribution in [0.4, 0.5) is 4.39 Å². The highest BCUT2D eigenvalue weighted by Crippen LogP contribution is 2.23. The number of carbonyl (C=O) groups is 1. The van der Waals surface area contributed by atoms with E-state index in [1.54, 1.807) is 19.1 Å². The molecular formula is C19H27FN2O. The van der Waals surface area contributed by atoms with Gasteiger partial charge in [0.25, 0.3) is 5.91 Å². The molecule has 0 unspecified atom stereocenters. The first-order chi connectivity index (χ1) is 11.1. The number of benzene rings is 1. The van der Waals surface area contributed by atoms with E-state index in [0.717, 1.165) is 32.4 Å². The molecule has 0 radical (unpaired) electrons. The second-order valence-electron chi connectivity index (χ2n) is 6.95. The Bertz CT molecular complexity index is 554. The smallest absolute Gasteiger partial charge is 0.254 e. The van der Waals surface area contributed by atoms with E-state index in [1.165, 1.54) is 38.4 Å². The summed E-state index contributed by atoms with van der Waals surface area (Å²) in [4.78, 5) is 17.3. The predicted molar refractivity (Wildman–Crippen MR) is 90.1 cm³/mol. The van der Waals surface area contributed by atoms with Crippen LogP contribution in [0.3, 0.4) is 0 Å². The SMILES string of the molecule is Cc1ccc(C(=O)N2CCCC[C@H]2CCN2CCCC2)cc1F. The second-order valence-corrected chi connectivity index (χ2v) is 6.95. The fourth-order valence-electron chi connectivity index (χ4n) is 3.80. The van der Waals surface area contributed by atoms with Crippen LogP contribution in [0.5, 0.6) is 0 Å². The van der Waals surface area contributed by atoms with Crippen LogP contribution in [0.1, 0.15) is 54.4 Å². The molecule has 1 aromatic rings. The van der Waals surface area contributed by atoms with E-state index in [4.69, 9.17) is 0 Å². The van der Waals surface area contributed by atoms with Crippen LogP contribution in [-0.2, 0) is 0 Å². The molecule has 23 heavy (non-hydrogen) atoms. The van der Waals surface area contributed by atoms with Crippen LogP contribution in [0, 0.1) is 12.7 Å². The molecule has 1 amide bonds. The first-order valence-corrected chi connectivity index (χ1v) is 8.94. The van der Waals surface area contributed by atoms with Crippen molar-refractivity contribution in [3.8, 4) is 0 Å². The van der Waals surface area contributed by atoms with Gasteiger partial charge in [0, 0.05) is 24.7 Å². The highest BCUT2D eigenvalue weighted by Gasteiger charge is 2.28. The van der Waals surface area contributed by atoms with Gasteiger partial charge in [-0.25, -0.2) is 4.39 Å². The first-order valence-electron chi connectivity index (χ1n) is 8.94. The minimum atomic E-state index is -0.290. The summed E-state index contributed by atoms with van der Waals surface area (Å²) < 4.78 is 13.8. The van der Waals surface area contributed by atoms with E-state index in [1.807, 2.05) is 4.90 Å². The molecule has 0 saturated carbocycles. The van der Waals surface area contributed by atoms with Gasteiger partial charge in [0.1, 0.15) is 5.82 Å². The Labute approximate surface area is 138 Å². The lowest BCUT2D eigenvalue weighted by Crippen LogP contribution is -2.45. The lowest BCUT2D eigenvalue weighted by atomic mass is 9.97. The van der Waals surface area contributed by atoms with Crippen LogP contribution in [0.15, 0.2) is 18.2 Å². The third-order valence-corrected chi connectivity index (χ3v) is 5.28. The Morgan fingerprint density at radius 3 is 2.65 bits per heavy atom. The Hall–Kier alpha value is -1.42. The van der Waals surface area contributed by atoms with Crippen LogP contribution in [0.25, 0.3) is 0 Å². The summed E-state index contributed by atoms with van der Waals surface area (Å²) in [6.07, 6.45) is 6.97. The zero-order valence-corrected chi connectivity index (χ0v) is 14.1. The maximum absolute atomic E-state index is 13.8. The van der Waals surface area contributed by atoms with Gasteiger partial charge in [0.15, 0.2) is 0 Å². The van der Waals surface area contributed by atoms with Gasteiger partial charge < -0.3 is 9.80 Å². The fraction of sp³-hybridized carbons (Fsp3) is 0.632.